The molecule has 0 spiro atoms. The zero-order chi connectivity index (χ0) is 56.0. The molecule has 2 saturated heterocycles. The van der Waals surface area contributed by atoms with Crippen LogP contribution in [0.5, 0.6) is 0 Å². The molecule has 7 N–H and O–H groups in total. The summed E-state index contributed by atoms with van der Waals surface area (Å²) < 4.78 is 7.52. The Labute approximate surface area is 461 Å². The number of nitrogens with one attached hydrogen (secondary N) is 6. The molecular weight excluding hydrogens is 1040 g/mol. The van der Waals surface area contributed by atoms with Crippen LogP contribution in [0, 0.1) is 26.2 Å². The minimum Gasteiger partial charge on any atom is -0.391 e. The fraction of sp³-hybridized carbons (Fsp3) is 0.429. The number of aliphatic hydroxyl groups excluding tert-OH is 1. The smallest absolute Gasteiger partial charge is 0.246 e. The molecule has 8 rings (SSSR count). The molecule has 412 valence electrons. The Hall–Kier alpha value is -7.33. The highest BCUT2D eigenvalue weighted by Crippen LogP contribution is 2.40. The molecule has 0 radical (unpaired) electrons. The first-order valence-corrected chi connectivity index (χ1v) is 27.2. The largest absolute Gasteiger partial charge is 0.391 e. The molecule has 3 aliphatic rings. The Bertz CT molecular complexity index is 3080. The zero-order valence-electron chi connectivity index (χ0n) is 44.6. The average Bonchev–Trinajstić information content (AvgIpc) is 4.08. The summed E-state index contributed by atoms with van der Waals surface area (Å²) in [4.78, 5) is 105. The van der Waals surface area contributed by atoms with Crippen molar-refractivity contribution in [2.45, 2.75) is 117 Å². The summed E-state index contributed by atoms with van der Waals surface area (Å²) in [6.45, 7) is 11.2. The third kappa shape index (κ3) is 13.5. The van der Waals surface area contributed by atoms with Gasteiger partial charge in [-0.05, 0) is 73.9 Å². The predicted molar refractivity (Wildman–Crippen MR) is 294 cm³/mol. The standard InChI is InChI=1S/C56H66ClN11O9S/c1-30-32(3)78-55-47(30)48(37-17-19-38(57)20-18-37)62-41(50-66-65-33(4)68(50)55)26-44(70)59-27-42-52(74)58-21-22-77-29-46(72)64-49(56(5,6)7)54(76)67-28-40(69)25-43(67)53(75)61-39(24-45(71)60-31(2)51(73)63-42)23-34-13-15-36(16-14-34)35-11-9-8-10-12-35/h8-20,31,39-43,49,69H,21-29H2,1-7H3,(H,58,74)(H,59,70)(H,60,71)(H,61,75)(H,63,73)(H,64,72)/t31-,39-,40-,41+,42-,43+,49-/m1/s1. The van der Waals surface area contributed by atoms with Gasteiger partial charge in [0.2, 0.25) is 41.4 Å². The Balaban J connectivity index is 1.02. The van der Waals surface area contributed by atoms with Crippen LogP contribution in [0.2, 0.25) is 5.02 Å². The van der Waals surface area contributed by atoms with Crippen molar-refractivity contribution in [1.29, 1.82) is 0 Å². The number of benzene rings is 3. The average molecular weight is 1100 g/mol. The first-order valence-electron chi connectivity index (χ1n) is 26.0. The number of aliphatic imine (C=N–C) groups is 1. The first kappa shape index (κ1) is 56.9. The minimum atomic E-state index is -1.37. The lowest BCUT2D eigenvalue weighted by molar-refractivity contribution is -0.144. The molecule has 78 heavy (non-hydrogen) atoms. The summed E-state index contributed by atoms with van der Waals surface area (Å²) >= 11 is 7.86. The van der Waals surface area contributed by atoms with Crippen molar-refractivity contribution >= 4 is 70.0 Å². The van der Waals surface area contributed by atoms with E-state index < -0.39 is 95.7 Å². The van der Waals surface area contributed by atoms with Crippen LogP contribution in [0.4, 0.5) is 0 Å². The lowest BCUT2D eigenvalue weighted by atomic mass is 9.85. The fourth-order valence-corrected chi connectivity index (χ4v) is 11.1. The van der Waals surface area contributed by atoms with E-state index in [4.69, 9.17) is 21.3 Å². The zero-order valence-corrected chi connectivity index (χ0v) is 46.2. The quantitative estimate of drug-likeness (QED) is 0.118. The number of aliphatic hydroxyl groups is 1. The van der Waals surface area contributed by atoms with Gasteiger partial charge in [0.05, 0.1) is 24.8 Å². The summed E-state index contributed by atoms with van der Waals surface area (Å²) in [7, 11) is 0. The molecular formula is C56H66ClN11O9S. The van der Waals surface area contributed by atoms with E-state index in [0.717, 1.165) is 43.3 Å². The molecule has 3 aliphatic heterocycles. The number of amides is 7. The highest BCUT2D eigenvalue weighted by atomic mass is 35.5. The molecule has 0 bridgehead atoms. The van der Waals surface area contributed by atoms with Crippen molar-refractivity contribution in [2.75, 3.05) is 32.8 Å². The SMILES string of the molecule is Cc1sc2c(c1C)C(c1ccc(Cl)cc1)=N[C@@H](CC(=O)NC[C@H]1NC(=O)[C@@H](C)NC(=O)C[C@@H](Cc3ccc(-c4ccccc4)cc3)NC(=O)[C@@H]3C[C@@H](O)CN3C(=O)[C@H](C(C)(C)C)NC(=O)COCCNC1=O)c1nnc(C)n1-2. The van der Waals surface area contributed by atoms with Crippen LogP contribution in [0.25, 0.3) is 16.1 Å². The molecule has 0 aliphatic carbocycles. The van der Waals surface area contributed by atoms with E-state index >= 15 is 0 Å². The van der Waals surface area contributed by atoms with E-state index in [-0.39, 0.29) is 51.9 Å². The van der Waals surface area contributed by atoms with Crippen LogP contribution >= 0.6 is 22.9 Å². The maximum atomic E-state index is 14.3. The van der Waals surface area contributed by atoms with Gasteiger partial charge in [0.1, 0.15) is 47.6 Å². The third-order valence-electron chi connectivity index (χ3n) is 14.0. The van der Waals surface area contributed by atoms with Crippen molar-refractivity contribution in [3.05, 3.63) is 123 Å². The Morgan fingerprint density at radius 2 is 1.54 bits per heavy atom. The number of aryl methyl sites for hydroxylation is 2. The molecule has 20 nitrogen and oxygen atoms in total. The molecule has 2 aromatic heterocycles. The Kier molecular flexibility index (Phi) is 17.9. The number of halogens is 1. The Morgan fingerprint density at radius 1 is 0.846 bits per heavy atom. The van der Waals surface area contributed by atoms with Crippen LogP contribution in [0.15, 0.2) is 83.9 Å². The monoisotopic (exact) mass is 1100 g/mol. The lowest BCUT2D eigenvalue weighted by Gasteiger charge is -2.35. The van der Waals surface area contributed by atoms with Crippen LogP contribution < -0.4 is 31.9 Å². The second-order valence-corrected chi connectivity index (χ2v) is 22.7. The lowest BCUT2D eigenvalue weighted by Crippen LogP contribution is -2.59. The number of rotatable bonds is 8. The van der Waals surface area contributed by atoms with Gasteiger partial charge in [-0.3, -0.25) is 43.1 Å². The maximum Gasteiger partial charge on any atom is 0.246 e. The second-order valence-electron chi connectivity index (χ2n) is 21.0. The second kappa shape index (κ2) is 24.6. The minimum absolute atomic E-state index is 0.0846. The van der Waals surface area contributed by atoms with Gasteiger partial charge in [0, 0.05) is 59.5 Å². The topological polar surface area (TPSA) is 267 Å². The first-order chi connectivity index (χ1) is 37.1. The molecule has 2 fully saturated rings. The van der Waals surface area contributed by atoms with Gasteiger partial charge in [0.15, 0.2) is 5.82 Å². The number of fused-ring (bicyclic) bond motifs is 4. The van der Waals surface area contributed by atoms with E-state index in [1.54, 1.807) is 44.2 Å². The van der Waals surface area contributed by atoms with Gasteiger partial charge in [0.25, 0.3) is 0 Å². The molecule has 5 aromatic rings. The number of hydrogen-bond donors (Lipinski definition) is 7. The molecule has 7 atom stereocenters. The van der Waals surface area contributed by atoms with E-state index in [9.17, 15) is 38.7 Å². The van der Waals surface area contributed by atoms with Crippen LogP contribution in [0.3, 0.4) is 0 Å². The van der Waals surface area contributed by atoms with Crippen LogP contribution in [0.1, 0.15) is 91.8 Å². The summed E-state index contributed by atoms with van der Waals surface area (Å²) in [5, 5.41) is 37.7. The van der Waals surface area contributed by atoms with Gasteiger partial charge in [-0.15, -0.1) is 21.5 Å². The van der Waals surface area contributed by atoms with Crippen molar-refractivity contribution in [3.63, 3.8) is 0 Å². The molecule has 3 aromatic carbocycles. The summed E-state index contributed by atoms with van der Waals surface area (Å²) in [6, 6.07) is 18.1. The number of carbonyl (C=O) groups is 7. The molecule has 7 amide bonds. The van der Waals surface area contributed by atoms with Gasteiger partial charge in [-0.1, -0.05) is 99.1 Å². The van der Waals surface area contributed by atoms with Gasteiger partial charge >= 0.3 is 0 Å². The number of thiophene rings is 1. The van der Waals surface area contributed by atoms with Gasteiger partial charge in [-0.2, -0.15) is 0 Å². The Morgan fingerprint density at radius 3 is 2.24 bits per heavy atom. The highest BCUT2D eigenvalue weighted by Gasteiger charge is 2.45. The normalized spacial score (nSPS) is 23.1. The predicted octanol–water partition coefficient (Wildman–Crippen LogP) is 3.72. The van der Waals surface area contributed by atoms with Gasteiger partial charge < -0.3 is 46.6 Å². The van der Waals surface area contributed by atoms with E-state index in [1.807, 2.05) is 92.1 Å². The van der Waals surface area contributed by atoms with E-state index in [2.05, 4.69) is 42.1 Å². The fourth-order valence-electron chi connectivity index (χ4n) is 9.77. The van der Waals surface area contributed by atoms with Crippen LogP contribution in [-0.4, -0.2) is 141 Å². The summed E-state index contributed by atoms with van der Waals surface area (Å²) in [6.07, 6.45) is -1.49. The van der Waals surface area contributed by atoms with E-state index in [1.165, 1.54) is 11.8 Å². The van der Waals surface area contributed by atoms with Crippen molar-refractivity contribution in [2.24, 2.45) is 10.4 Å². The summed E-state index contributed by atoms with van der Waals surface area (Å²) in [5.41, 5.74) is 5.20. The summed E-state index contributed by atoms with van der Waals surface area (Å²) in [5.74, 6) is -3.40. The number of carbonyl (C=O) groups excluding carboxylic acids is 7. The van der Waals surface area contributed by atoms with E-state index in [0.29, 0.717) is 22.4 Å². The maximum absolute atomic E-state index is 14.3. The third-order valence-corrected chi connectivity index (χ3v) is 15.5. The molecule has 0 unspecified atom stereocenters. The van der Waals surface area contributed by atoms with Gasteiger partial charge in [-0.25, -0.2) is 0 Å². The number of ether oxygens (including phenoxy) is 1. The van der Waals surface area contributed by atoms with Crippen molar-refractivity contribution in [3.8, 4) is 16.1 Å². The highest BCUT2D eigenvalue weighted by molar-refractivity contribution is 7.15. The van der Waals surface area contributed by atoms with Crippen molar-refractivity contribution < 1.29 is 43.4 Å². The van der Waals surface area contributed by atoms with Crippen molar-refractivity contribution in [1.82, 2.24) is 51.6 Å². The molecule has 5 heterocycles. The number of aromatic nitrogens is 3. The molecule has 22 heteroatoms. The number of hydrogen-bond acceptors (Lipinski definition) is 13. The molecule has 0 saturated carbocycles. The van der Waals surface area contributed by atoms with Crippen LogP contribution in [-0.2, 0) is 44.7 Å². The number of nitrogens with zero attached hydrogens (tertiary/aromatic N) is 5.